The quantitative estimate of drug-likeness (QED) is 0.160. The van der Waals surface area contributed by atoms with Crippen molar-refractivity contribution in [2.75, 3.05) is 0 Å². The monoisotopic (exact) mass is 756 g/mol. The van der Waals surface area contributed by atoms with E-state index in [1.54, 1.807) is 0 Å². The number of hydrogen-bond donors (Lipinski definition) is 0. The molecule has 0 atom stereocenters. The third kappa shape index (κ3) is 9.83. The van der Waals surface area contributed by atoms with E-state index in [1.807, 2.05) is 0 Å². The van der Waals surface area contributed by atoms with Crippen molar-refractivity contribution in [2.24, 2.45) is 0 Å². The SMILES string of the molecule is CCC1=CCC([Si](c2cc(C(C)C)cc(C(C)C)c2)(c2cc(C(C)C)cc(C(C)C)c2)c2cc(C(C)C)cc(C(C)C)c2)=[C-]1.[Cl-].[Cl-].[Cl-].[Ti+4]. The van der Waals surface area contributed by atoms with Gasteiger partial charge in [-0.15, -0.1) is 0 Å². The first kappa shape index (κ1) is 46.9. The minimum Gasteiger partial charge on any atom is -1.00 e. The first-order valence-corrected chi connectivity index (χ1v) is 19.5. The molecule has 0 amide bonds. The largest absolute Gasteiger partial charge is 4.00 e. The molecule has 0 N–H and O–H groups in total. The zero-order valence-electron chi connectivity index (χ0n) is 31.8. The van der Waals surface area contributed by atoms with Gasteiger partial charge in [-0.25, -0.2) is 11.6 Å². The van der Waals surface area contributed by atoms with Crippen molar-refractivity contribution >= 4 is 23.6 Å². The molecule has 3 aromatic rings. The number of rotatable bonds is 11. The van der Waals surface area contributed by atoms with Crippen molar-refractivity contribution in [1.82, 2.24) is 0 Å². The summed E-state index contributed by atoms with van der Waals surface area (Å²) in [5, 5.41) is 6.13. The summed E-state index contributed by atoms with van der Waals surface area (Å²) in [5.41, 5.74) is 10.1. The van der Waals surface area contributed by atoms with Crippen LogP contribution < -0.4 is 52.8 Å². The zero-order chi connectivity index (χ0) is 32.5. The molecule has 0 saturated heterocycles. The van der Waals surface area contributed by atoms with E-state index >= 15 is 0 Å². The maximum Gasteiger partial charge on any atom is 4.00 e. The van der Waals surface area contributed by atoms with Crippen LogP contribution in [0.25, 0.3) is 0 Å². The molecule has 0 unspecified atom stereocenters. The summed E-state index contributed by atoms with van der Waals surface area (Å²) in [6, 6.07) is 23.1. The van der Waals surface area contributed by atoms with E-state index in [4.69, 9.17) is 0 Å². The fraction of sp³-hybridized carbons (Fsp3) is 0.488. The van der Waals surface area contributed by atoms with Gasteiger partial charge in [0.15, 0.2) is 8.07 Å². The van der Waals surface area contributed by atoms with Crippen LogP contribution in [-0.2, 0) is 21.7 Å². The van der Waals surface area contributed by atoms with Gasteiger partial charge >= 0.3 is 21.7 Å². The van der Waals surface area contributed by atoms with Crippen molar-refractivity contribution in [3.8, 4) is 0 Å². The number of hydrogen-bond acceptors (Lipinski definition) is 0. The Hall–Kier alpha value is -1.06. The van der Waals surface area contributed by atoms with Crippen LogP contribution in [0.5, 0.6) is 0 Å². The van der Waals surface area contributed by atoms with Crippen LogP contribution in [0.1, 0.15) is 172 Å². The van der Waals surface area contributed by atoms with Crippen molar-refractivity contribution in [2.45, 2.75) is 138 Å². The molecule has 0 radical (unpaired) electrons. The topological polar surface area (TPSA) is 0 Å². The first-order chi connectivity index (χ1) is 20.7. The van der Waals surface area contributed by atoms with Gasteiger partial charge in [-0.2, -0.15) is 5.20 Å². The Balaban J connectivity index is 0.00000552. The van der Waals surface area contributed by atoms with E-state index in [0.29, 0.717) is 35.5 Å². The van der Waals surface area contributed by atoms with Gasteiger partial charge in [0.25, 0.3) is 0 Å². The van der Waals surface area contributed by atoms with Crippen molar-refractivity contribution in [3.05, 3.63) is 111 Å². The second-order valence-corrected chi connectivity index (χ2v) is 19.1. The van der Waals surface area contributed by atoms with E-state index in [2.05, 4.69) is 157 Å². The second-order valence-electron chi connectivity index (χ2n) is 15.2. The smallest absolute Gasteiger partial charge is 1.00 e. The second kappa shape index (κ2) is 19.5. The molecule has 0 aromatic heterocycles. The Labute approximate surface area is 329 Å². The summed E-state index contributed by atoms with van der Waals surface area (Å²) in [5.74, 6) is 2.79. The predicted molar refractivity (Wildman–Crippen MR) is 198 cm³/mol. The summed E-state index contributed by atoms with van der Waals surface area (Å²) < 4.78 is 0. The number of benzene rings is 3. The number of halogens is 3. The average Bonchev–Trinajstić information content (AvgIpc) is 3.46. The van der Waals surface area contributed by atoms with Crippen LogP contribution in [0.3, 0.4) is 0 Å². The van der Waals surface area contributed by atoms with Gasteiger partial charge in [0, 0.05) is 0 Å². The van der Waals surface area contributed by atoms with Crippen LogP contribution in [0, 0.1) is 6.08 Å². The molecule has 0 fully saturated rings. The molecule has 0 aliphatic heterocycles. The van der Waals surface area contributed by atoms with E-state index in [-0.39, 0.29) is 58.9 Å². The molecule has 48 heavy (non-hydrogen) atoms. The van der Waals surface area contributed by atoms with Gasteiger partial charge in [-0.1, -0.05) is 157 Å². The molecule has 4 rings (SSSR count). The van der Waals surface area contributed by atoms with Gasteiger partial charge in [0.1, 0.15) is 0 Å². The van der Waals surface area contributed by atoms with Crippen LogP contribution in [-0.4, -0.2) is 8.07 Å². The third-order valence-electron chi connectivity index (χ3n) is 9.93. The molecule has 0 saturated carbocycles. The zero-order valence-corrected chi connectivity index (χ0v) is 36.6. The van der Waals surface area contributed by atoms with Crippen molar-refractivity contribution in [1.29, 1.82) is 0 Å². The molecule has 0 heterocycles. The van der Waals surface area contributed by atoms with Crippen LogP contribution in [0.15, 0.2) is 71.4 Å². The molecule has 5 heteroatoms. The Bertz CT molecular complexity index is 1310. The van der Waals surface area contributed by atoms with Crippen molar-refractivity contribution < 1.29 is 58.9 Å². The van der Waals surface area contributed by atoms with E-state index in [1.165, 1.54) is 59.7 Å². The van der Waals surface area contributed by atoms with E-state index in [9.17, 15) is 0 Å². The molecule has 0 bridgehead atoms. The first-order valence-electron chi connectivity index (χ1n) is 17.5. The summed E-state index contributed by atoms with van der Waals surface area (Å²) in [7, 11) is -2.76. The van der Waals surface area contributed by atoms with Gasteiger partial charge in [0.05, 0.1) is 0 Å². The van der Waals surface area contributed by atoms with Crippen LogP contribution in [0.2, 0.25) is 0 Å². The van der Waals surface area contributed by atoms with Gasteiger partial charge in [0.2, 0.25) is 0 Å². The fourth-order valence-corrected chi connectivity index (χ4v) is 11.8. The maximum atomic E-state index is 4.11. The molecular formula is C43H59Cl3SiTi. The minimum absolute atomic E-state index is 0. The molecule has 3 aromatic carbocycles. The van der Waals surface area contributed by atoms with Gasteiger partial charge < -0.3 is 37.2 Å². The van der Waals surface area contributed by atoms with Gasteiger partial charge in [-0.3, -0.25) is 6.08 Å². The van der Waals surface area contributed by atoms with Crippen LogP contribution >= 0.6 is 0 Å². The number of allylic oxidation sites excluding steroid dienone is 4. The molecule has 1 aliphatic rings. The molecular weight excluding hydrogens is 699 g/mol. The third-order valence-corrected chi connectivity index (χ3v) is 14.6. The summed E-state index contributed by atoms with van der Waals surface area (Å²) in [4.78, 5) is 0. The summed E-state index contributed by atoms with van der Waals surface area (Å²) in [6.07, 6.45) is 8.60. The average molecular weight is 758 g/mol. The predicted octanol–water partition coefficient (Wildman–Crippen LogP) is 1.92. The molecule has 0 spiro atoms. The van der Waals surface area contributed by atoms with Gasteiger partial charge in [-0.05, 0) is 84.4 Å². The Morgan fingerprint density at radius 3 is 0.917 bits per heavy atom. The summed E-state index contributed by atoms with van der Waals surface area (Å²) >= 11 is 0. The Kier molecular flexibility index (Phi) is 19.1. The molecule has 260 valence electrons. The maximum absolute atomic E-state index is 4.11. The van der Waals surface area contributed by atoms with E-state index < -0.39 is 8.07 Å². The van der Waals surface area contributed by atoms with Crippen molar-refractivity contribution in [3.63, 3.8) is 0 Å². The standard InChI is InChI=1S/C43H59Si.3ClH.Ti/c1-14-33-15-16-40(17-33)44(41-21-34(27(2)3)18-35(22-41)28(4)5,42-23-36(29(6)7)19-37(24-42)30(8)9)43-25-38(31(10)11)20-39(26-43)32(12)13;;;;/h15,18-32H,14,16H2,1-13H3;3*1H;/q-1;;;;+4/p-3. The molecule has 0 nitrogen and oxygen atoms in total. The summed E-state index contributed by atoms with van der Waals surface area (Å²) in [6.45, 7) is 30.6. The Morgan fingerprint density at radius 1 is 0.479 bits per heavy atom. The minimum atomic E-state index is -2.76. The fourth-order valence-electron chi connectivity index (χ4n) is 6.70. The van der Waals surface area contributed by atoms with Crippen LogP contribution in [0.4, 0.5) is 0 Å². The molecule has 1 aliphatic carbocycles. The normalized spacial score (nSPS) is 13.0. The van der Waals surface area contributed by atoms with E-state index in [0.717, 1.165) is 12.8 Å². The Morgan fingerprint density at radius 2 is 0.729 bits per heavy atom.